The number of ketones is 2. The number of hydrogen-bond donors (Lipinski definition) is 2. The molecule has 9 heteroatoms. The molecule has 29 heavy (non-hydrogen) atoms. The quantitative estimate of drug-likeness (QED) is 0.428. The lowest BCUT2D eigenvalue weighted by molar-refractivity contribution is -0.137. The highest BCUT2D eigenvalue weighted by molar-refractivity contribution is 7.99. The Hall–Kier alpha value is -1.39. The normalized spacial score (nSPS) is 36.5. The molecule has 0 bridgehead atoms. The van der Waals surface area contributed by atoms with Crippen molar-refractivity contribution in [1.29, 1.82) is 0 Å². The number of allylic oxidation sites excluding steroid dienone is 2. The molecule has 0 aromatic rings. The number of piperazine rings is 1. The van der Waals surface area contributed by atoms with Gasteiger partial charge in [-0.25, -0.2) is 0 Å². The summed E-state index contributed by atoms with van der Waals surface area (Å²) in [6.45, 7) is 5.13. The number of thioether (sulfide) groups is 1. The van der Waals surface area contributed by atoms with Crippen molar-refractivity contribution in [3.05, 3.63) is 22.6 Å². The smallest absolute Gasteiger partial charge is 0.226 e. The number of Topliss-reactive ketones (excluding diaryl/α,β-unsaturated/α-hetero) is 2. The van der Waals surface area contributed by atoms with Crippen molar-refractivity contribution < 1.29 is 24.2 Å². The van der Waals surface area contributed by atoms with E-state index in [1.807, 2.05) is 16.7 Å². The average molecular weight is 422 g/mol. The third-order valence-electron chi connectivity index (χ3n) is 6.92. The van der Waals surface area contributed by atoms with Gasteiger partial charge in [0, 0.05) is 62.0 Å². The van der Waals surface area contributed by atoms with Crippen molar-refractivity contribution in [3.63, 3.8) is 0 Å². The van der Waals surface area contributed by atoms with E-state index in [2.05, 4.69) is 10.2 Å². The van der Waals surface area contributed by atoms with Gasteiger partial charge in [-0.2, -0.15) is 11.8 Å². The zero-order valence-corrected chi connectivity index (χ0v) is 17.6. The molecule has 3 saturated heterocycles. The Kier molecular flexibility index (Phi) is 4.78. The lowest BCUT2D eigenvalue weighted by Gasteiger charge is -2.39. The third-order valence-corrected chi connectivity index (χ3v) is 7.86. The van der Waals surface area contributed by atoms with Crippen LogP contribution < -0.4 is 5.32 Å². The van der Waals surface area contributed by atoms with Crippen LogP contribution in [0.15, 0.2) is 22.6 Å². The highest BCUT2D eigenvalue weighted by Gasteiger charge is 2.72. The molecule has 5 rings (SSSR count). The molecule has 4 atom stereocenters. The predicted octanol–water partition coefficient (Wildman–Crippen LogP) is -0.647. The molecular weight excluding hydrogens is 394 g/mol. The fourth-order valence-electron chi connectivity index (χ4n) is 5.40. The first-order chi connectivity index (χ1) is 14.0. The van der Waals surface area contributed by atoms with Gasteiger partial charge in [0.15, 0.2) is 11.5 Å². The Labute approximate surface area is 174 Å². The van der Waals surface area contributed by atoms with Crippen molar-refractivity contribution in [2.75, 3.05) is 58.0 Å². The summed E-state index contributed by atoms with van der Waals surface area (Å²) in [5.74, 6) is 1.30. The summed E-state index contributed by atoms with van der Waals surface area (Å²) < 4.78 is 11.8. The SMILES string of the molecule is COC12C(CO)C3=C(C(=O)C(C)=C(OCCN4CCSCC4)C3=O)N1CC1NC12. The zero-order chi connectivity index (χ0) is 20.3. The van der Waals surface area contributed by atoms with E-state index in [9.17, 15) is 14.7 Å². The van der Waals surface area contributed by atoms with Crippen molar-refractivity contribution >= 4 is 23.3 Å². The summed E-state index contributed by atoms with van der Waals surface area (Å²) in [7, 11) is 1.58. The van der Waals surface area contributed by atoms with E-state index in [1.54, 1.807) is 14.0 Å². The number of fused-ring (bicyclic) bond motifs is 4. The van der Waals surface area contributed by atoms with Crippen molar-refractivity contribution in [2.24, 2.45) is 5.92 Å². The zero-order valence-electron chi connectivity index (χ0n) is 16.8. The van der Waals surface area contributed by atoms with Gasteiger partial charge in [-0.3, -0.25) is 14.5 Å². The van der Waals surface area contributed by atoms with E-state index in [1.165, 1.54) is 0 Å². The predicted molar refractivity (Wildman–Crippen MR) is 107 cm³/mol. The minimum atomic E-state index is -0.878. The molecule has 158 valence electrons. The molecule has 0 saturated carbocycles. The van der Waals surface area contributed by atoms with Crippen LogP contribution in [0.1, 0.15) is 6.92 Å². The number of rotatable bonds is 6. The van der Waals surface area contributed by atoms with Crippen LogP contribution in [0.5, 0.6) is 0 Å². The minimum Gasteiger partial charge on any atom is -0.488 e. The number of aliphatic hydroxyl groups excluding tert-OH is 1. The molecule has 0 aromatic carbocycles. The van der Waals surface area contributed by atoms with Gasteiger partial charge < -0.3 is 24.8 Å². The molecule has 0 radical (unpaired) electrons. The second-order valence-corrected chi connectivity index (χ2v) is 9.45. The topological polar surface area (TPSA) is 101 Å². The van der Waals surface area contributed by atoms with Gasteiger partial charge in [0.2, 0.25) is 11.6 Å². The summed E-state index contributed by atoms with van der Waals surface area (Å²) >= 11 is 1.95. The van der Waals surface area contributed by atoms with Gasteiger partial charge in [-0.1, -0.05) is 0 Å². The number of hydrogen-bond acceptors (Lipinski definition) is 9. The van der Waals surface area contributed by atoms with Gasteiger partial charge in [-0.05, 0) is 6.92 Å². The van der Waals surface area contributed by atoms with Gasteiger partial charge in [0.05, 0.1) is 24.3 Å². The number of ether oxygens (including phenoxy) is 2. The van der Waals surface area contributed by atoms with Crippen molar-refractivity contribution in [1.82, 2.24) is 15.1 Å². The third kappa shape index (κ3) is 2.68. The minimum absolute atomic E-state index is 0.0116. The molecule has 4 unspecified atom stereocenters. The summed E-state index contributed by atoms with van der Waals surface area (Å²) in [6, 6.07) is 0.239. The Morgan fingerprint density at radius 3 is 2.72 bits per heavy atom. The first-order valence-corrected chi connectivity index (χ1v) is 11.4. The maximum absolute atomic E-state index is 13.4. The number of methoxy groups -OCH3 is 1. The Balaban J connectivity index is 1.39. The second-order valence-electron chi connectivity index (χ2n) is 8.23. The lowest BCUT2D eigenvalue weighted by Crippen LogP contribution is -2.54. The number of aliphatic hydroxyl groups is 1. The number of carbonyl (C=O) groups excluding carboxylic acids is 2. The van der Waals surface area contributed by atoms with Crippen LogP contribution in [-0.4, -0.2) is 102 Å². The van der Waals surface area contributed by atoms with Crippen LogP contribution >= 0.6 is 11.8 Å². The highest BCUT2D eigenvalue weighted by Crippen LogP contribution is 2.55. The lowest BCUT2D eigenvalue weighted by atomic mass is 9.83. The van der Waals surface area contributed by atoms with Crippen LogP contribution in [-0.2, 0) is 19.1 Å². The van der Waals surface area contributed by atoms with E-state index in [0.717, 1.165) is 31.1 Å². The van der Waals surface area contributed by atoms with Crippen LogP contribution in [0.3, 0.4) is 0 Å². The first kappa shape index (κ1) is 19.6. The van der Waals surface area contributed by atoms with Gasteiger partial charge in [0.25, 0.3) is 0 Å². The van der Waals surface area contributed by atoms with Crippen LogP contribution in [0.25, 0.3) is 0 Å². The van der Waals surface area contributed by atoms with Crippen molar-refractivity contribution in [3.8, 4) is 0 Å². The van der Waals surface area contributed by atoms with Crippen LogP contribution in [0.4, 0.5) is 0 Å². The van der Waals surface area contributed by atoms with E-state index in [4.69, 9.17) is 9.47 Å². The molecule has 8 nitrogen and oxygen atoms in total. The molecule has 4 heterocycles. The van der Waals surface area contributed by atoms with E-state index >= 15 is 0 Å². The summed E-state index contributed by atoms with van der Waals surface area (Å²) in [6.07, 6.45) is 0. The fourth-order valence-corrected chi connectivity index (χ4v) is 6.38. The molecule has 0 amide bonds. The maximum Gasteiger partial charge on any atom is 0.226 e. The van der Waals surface area contributed by atoms with Crippen LogP contribution in [0, 0.1) is 5.92 Å². The molecule has 4 aliphatic heterocycles. The first-order valence-electron chi connectivity index (χ1n) is 10.2. The van der Waals surface area contributed by atoms with Crippen LogP contribution in [0.2, 0.25) is 0 Å². The van der Waals surface area contributed by atoms with E-state index in [0.29, 0.717) is 30.0 Å². The summed E-state index contributed by atoms with van der Waals surface area (Å²) in [5, 5.41) is 13.5. The monoisotopic (exact) mass is 421 g/mol. The second kappa shape index (κ2) is 7.09. The highest BCUT2D eigenvalue weighted by atomic mass is 32.2. The van der Waals surface area contributed by atoms with E-state index < -0.39 is 11.6 Å². The number of carbonyl (C=O) groups is 2. The number of nitrogens with one attached hydrogen (secondary N) is 1. The standard InChI is InChI=1S/C20H27N3O5S/c1-11-16(25)15-14(12(10-24)20(27-2)19-13(21-19)9-23(15)20)17(26)18(11)28-6-3-22-4-7-29-8-5-22/h12-13,19,21,24H,3-10H2,1-2H3. The molecule has 0 aromatic heterocycles. The fraction of sp³-hybridized carbons (Fsp3) is 0.700. The van der Waals surface area contributed by atoms with E-state index in [-0.39, 0.29) is 36.0 Å². The maximum atomic E-state index is 13.4. The Morgan fingerprint density at radius 2 is 2.03 bits per heavy atom. The average Bonchev–Trinajstić information content (AvgIpc) is 3.35. The molecular formula is C20H27N3O5S. The van der Waals surface area contributed by atoms with Gasteiger partial charge in [0.1, 0.15) is 6.61 Å². The van der Waals surface area contributed by atoms with Crippen molar-refractivity contribution in [2.45, 2.75) is 24.7 Å². The molecule has 5 aliphatic rings. The molecule has 3 fully saturated rings. The summed E-state index contributed by atoms with van der Waals surface area (Å²) in [4.78, 5) is 30.9. The molecule has 2 N–H and O–H groups in total. The molecule has 0 spiro atoms. The van der Waals surface area contributed by atoms with Gasteiger partial charge >= 0.3 is 0 Å². The summed E-state index contributed by atoms with van der Waals surface area (Å²) in [5.41, 5.74) is 0.209. The number of nitrogens with zero attached hydrogens (tertiary/aromatic N) is 2. The Morgan fingerprint density at radius 1 is 1.28 bits per heavy atom. The van der Waals surface area contributed by atoms with Gasteiger partial charge in [-0.15, -0.1) is 0 Å². The largest absolute Gasteiger partial charge is 0.488 e. The Bertz CT molecular complexity index is 821. The molecule has 1 aliphatic carbocycles.